The van der Waals surface area contributed by atoms with Crippen molar-refractivity contribution in [2.24, 2.45) is 0 Å². The molecule has 1 amide bonds. The molecule has 1 aliphatic rings. The molecule has 0 aliphatic carbocycles. The molecule has 26 heavy (non-hydrogen) atoms. The maximum Gasteiger partial charge on any atom is 0.267 e. The lowest BCUT2D eigenvalue weighted by Gasteiger charge is -2.18. The molecule has 4 rings (SSSR count). The molecule has 1 atom stereocenters. The van der Waals surface area contributed by atoms with E-state index in [0.717, 1.165) is 16.2 Å². The van der Waals surface area contributed by atoms with E-state index in [9.17, 15) is 4.79 Å². The highest BCUT2D eigenvalue weighted by molar-refractivity contribution is 7.13. The fraction of sp³-hybridized carbons (Fsp3) is 0.316. The van der Waals surface area contributed by atoms with Crippen molar-refractivity contribution in [3.05, 3.63) is 53.2 Å². The molecule has 1 aromatic carbocycles. The zero-order valence-electron chi connectivity index (χ0n) is 14.4. The van der Waals surface area contributed by atoms with Gasteiger partial charge in [0.2, 0.25) is 5.91 Å². The first-order valence-corrected chi connectivity index (χ1v) is 9.48. The van der Waals surface area contributed by atoms with Gasteiger partial charge in [-0.3, -0.25) is 4.79 Å². The van der Waals surface area contributed by atoms with Crippen molar-refractivity contribution in [1.82, 2.24) is 15.0 Å². The average molecular weight is 369 g/mol. The highest BCUT2D eigenvalue weighted by atomic mass is 32.1. The number of rotatable bonds is 6. The van der Waals surface area contributed by atoms with Crippen molar-refractivity contribution in [3.8, 4) is 16.5 Å². The Morgan fingerprint density at radius 3 is 3.00 bits per heavy atom. The molecule has 0 bridgehead atoms. The van der Waals surface area contributed by atoms with Crippen LogP contribution in [0.4, 0.5) is 0 Å². The van der Waals surface area contributed by atoms with Crippen molar-refractivity contribution >= 4 is 17.2 Å². The zero-order chi connectivity index (χ0) is 17.9. The quantitative estimate of drug-likeness (QED) is 0.662. The first-order valence-electron chi connectivity index (χ1n) is 8.60. The summed E-state index contributed by atoms with van der Waals surface area (Å²) in [6.45, 7) is 3.67. The SMILES string of the molecule is CCOc1ccccc1CN1CC(c2noc(-c3cccs3)n2)CC1=O. The summed E-state index contributed by atoms with van der Waals surface area (Å²) in [7, 11) is 0. The molecule has 0 saturated carbocycles. The highest BCUT2D eigenvalue weighted by Gasteiger charge is 2.34. The highest BCUT2D eigenvalue weighted by Crippen LogP contribution is 2.31. The molecule has 1 saturated heterocycles. The number of benzene rings is 1. The molecule has 2 aromatic heterocycles. The lowest BCUT2D eigenvalue weighted by Crippen LogP contribution is -2.24. The van der Waals surface area contributed by atoms with E-state index in [-0.39, 0.29) is 11.8 Å². The third-order valence-electron chi connectivity index (χ3n) is 4.39. The van der Waals surface area contributed by atoms with Crippen LogP contribution in [0.25, 0.3) is 10.8 Å². The van der Waals surface area contributed by atoms with E-state index in [1.54, 1.807) is 11.3 Å². The first kappa shape index (κ1) is 16.8. The van der Waals surface area contributed by atoms with E-state index in [0.29, 0.717) is 37.8 Å². The maximum atomic E-state index is 12.5. The standard InChI is InChI=1S/C19H19N3O3S/c1-2-24-15-7-4-3-6-13(15)11-22-12-14(10-17(22)23)18-20-19(25-21-18)16-8-5-9-26-16/h3-9,14H,2,10-12H2,1H3. The van der Waals surface area contributed by atoms with Crippen LogP contribution in [-0.2, 0) is 11.3 Å². The van der Waals surface area contributed by atoms with Crippen LogP contribution in [0.5, 0.6) is 5.75 Å². The number of para-hydroxylation sites is 1. The molecule has 6 nitrogen and oxygen atoms in total. The summed E-state index contributed by atoms with van der Waals surface area (Å²) in [5, 5.41) is 6.06. The zero-order valence-corrected chi connectivity index (χ0v) is 15.2. The molecule has 134 valence electrons. The van der Waals surface area contributed by atoms with E-state index < -0.39 is 0 Å². The minimum atomic E-state index is -0.0424. The second-order valence-corrected chi connectivity index (χ2v) is 7.10. The van der Waals surface area contributed by atoms with Gasteiger partial charge in [-0.1, -0.05) is 29.4 Å². The van der Waals surface area contributed by atoms with Crippen LogP contribution in [0.3, 0.4) is 0 Å². The van der Waals surface area contributed by atoms with Gasteiger partial charge in [0.1, 0.15) is 5.75 Å². The number of ether oxygens (including phenoxy) is 1. The molecule has 7 heteroatoms. The number of likely N-dealkylation sites (tertiary alicyclic amines) is 1. The van der Waals surface area contributed by atoms with E-state index in [2.05, 4.69) is 10.1 Å². The Morgan fingerprint density at radius 1 is 1.31 bits per heavy atom. The fourth-order valence-electron chi connectivity index (χ4n) is 3.14. The number of amides is 1. The minimum Gasteiger partial charge on any atom is -0.494 e. The summed E-state index contributed by atoms with van der Waals surface area (Å²) in [5.74, 6) is 2.00. The average Bonchev–Trinajstić information content (AvgIpc) is 3.38. The largest absolute Gasteiger partial charge is 0.494 e. The summed E-state index contributed by atoms with van der Waals surface area (Å²) in [6.07, 6.45) is 0.403. The van der Waals surface area contributed by atoms with Gasteiger partial charge in [0.25, 0.3) is 5.89 Å². The van der Waals surface area contributed by atoms with Gasteiger partial charge in [-0.05, 0) is 24.4 Å². The predicted octanol–water partition coefficient (Wildman–Crippen LogP) is 3.71. The van der Waals surface area contributed by atoms with Gasteiger partial charge in [0, 0.05) is 31.0 Å². The van der Waals surface area contributed by atoms with Crippen molar-refractivity contribution in [1.29, 1.82) is 0 Å². The molecule has 1 aliphatic heterocycles. The van der Waals surface area contributed by atoms with Gasteiger partial charge < -0.3 is 14.2 Å². The van der Waals surface area contributed by atoms with Crippen molar-refractivity contribution in [2.45, 2.75) is 25.8 Å². The molecule has 1 unspecified atom stereocenters. The van der Waals surface area contributed by atoms with Crippen LogP contribution < -0.4 is 4.74 Å². The Hall–Kier alpha value is -2.67. The number of aromatic nitrogens is 2. The maximum absolute atomic E-state index is 12.5. The number of carbonyl (C=O) groups is 1. The fourth-order valence-corrected chi connectivity index (χ4v) is 3.78. The van der Waals surface area contributed by atoms with E-state index in [1.807, 2.05) is 53.6 Å². The van der Waals surface area contributed by atoms with Crippen molar-refractivity contribution < 1.29 is 14.1 Å². The van der Waals surface area contributed by atoms with Gasteiger partial charge in [0.15, 0.2) is 5.82 Å². The number of hydrogen-bond donors (Lipinski definition) is 0. The van der Waals surface area contributed by atoms with Crippen LogP contribution >= 0.6 is 11.3 Å². The van der Waals surface area contributed by atoms with Gasteiger partial charge in [-0.25, -0.2) is 0 Å². The summed E-state index contributed by atoms with van der Waals surface area (Å²) in [4.78, 5) is 19.7. The van der Waals surface area contributed by atoms with Gasteiger partial charge >= 0.3 is 0 Å². The summed E-state index contributed by atoms with van der Waals surface area (Å²) in [6, 6.07) is 11.7. The molecule has 0 spiro atoms. The lowest BCUT2D eigenvalue weighted by atomic mass is 10.1. The smallest absolute Gasteiger partial charge is 0.267 e. The van der Waals surface area contributed by atoms with Crippen molar-refractivity contribution in [3.63, 3.8) is 0 Å². The topological polar surface area (TPSA) is 68.5 Å². The van der Waals surface area contributed by atoms with E-state index in [1.165, 1.54) is 0 Å². The first-order chi connectivity index (χ1) is 12.7. The van der Waals surface area contributed by atoms with Crippen LogP contribution in [-0.4, -0.2) is 34.1 Å². The van der Waals surface area contributed by atoms with Crippen LogP contribution in [0.15, 0.2) is 46.3 Å². The normalized spacial score (nSPS) is 17.0. The molecule has 0 radical (unpaired) electrons. The van der Waals surface area contributed by atoms with Gasteiger partial charge in [0.05, 0.1) is 11.5 Å². The predicted molar refractivity (Wildman–Crippen MR) is 98.0 cm³/mol. The number of thiophene rings is 1. The summed E-state index contributed by atoms with van der Waals surface area (Å²) < 4.78 is 11.0. The molecule has 1 fully saturated rings. The van der Waals surface area contributed by atoms with Gasteiger partial charge in [-0.2, -0.15) is 4.98 Å². The second-order valence-electron chi connectivity index (χ2n) is 6.15. The van der Waals surface area contributed by atoms with Crippen LogP contribution in [0, 0.1) is 0 Å². The van der Waals surface area contributed by atoms with Crippen molar-refractivity contribution in [2.75, 3.05) is 13.2 Å². The minimum absolute atomic E-state index is 0.0424. The molecular formula is C19H19N3O3S. The Labute approximate surface area is 155 Å². The second kappa shape index (κ2) is 7.29. The summed E-state index contributed by atoms with van der Waals surface area (Å²) >= 11 is 1.55. The molecular weight excluding hydrogens is 350 g/mol. The van der Waals surface area contributed by atoms with Crippen LogP contribution in [0.1, 0.15) is 30.7 Å². The Morgan fingerprint density at radius 2 is 2.19 bits per heavy atom. The lowest BCUT2D eigenvalue weighted by molar-refractivity contribution is -0.128. The van der Waals surface area contributed by atoms with E-state index >= 15 is 0 Å². The summed E-state index contributed by atoms with van der Waals surface area (Å²) in [5.41, 5.74) is 1.01. The molecule has 3 aromatic rings. The monoisotopic (exact) mass is 369 g/mol. The Kier molecular flexibility index (Phi) is 4.71. The van der Waals surface area contributed by atoms with Gasteiger partial charge in [-0.15, -0.1) is 11.3 Å². The Bertz CT molecular complexity index is 891. The number of nitrogens with zero attached hydrogens (tertiary/aromatic N) is 3. The Balaban J connectivity index is 1.48. The number of hydrogen-bond acceptors (Lipinski definition) is 6. The molecule has 3 heterocycles. The van der Waals surface area contributed by atoms with E-state index in [4.69, 9.17) is 9.26 Å². The van der Waals surface area contributed by atoms with Crippen LogP contribution in [0.2, 0.25) is 0 Å². The third kappa shape index (κ3) is 3.35. The third-order valence-corrected chi connectivity index (χ3v) is 5.24. The molecule has 0 N–H and O–H groups in total. The number of carbonyl (C=O) groups excluding carboxylic acids is 1.